The molecule has 1 aromatic heterocycles. The summed E-state index contributed by atoms with van der Waals surface area (Å²) in [7, 11) is 0. The molecule has 30 heavy (non-hydrogen) atoms. The second kappa shape index (κ2) is 8.66. The van der Waals surface area contributed by atoms with Gasteiger partial charge in [-0.1, -0.05) is 60.1 Å². The minimum Gasteiger partial charge on any atom is -0.232 e. The molecule has 2 nitrogen and oxygen atoms in total. The first-order chi connectivity index (χ1) is 14.4. The van der Waals surface area contributed by atoms with Crippen molar-refractivity contribution in [2.45, 2.75) is 23.4 Å². The van der Waals surface area contributed by atoms with Crippen LogP contribution in [-0.2, 0) is 18.3 Å². The summed E-state index contributed by atoms with van der Waals surface area (Å²) in [4.78, 5) is 9.35. The van der Waals surface area contributed by atoms with Crippen LogP contribution in [-0.4, -0.2) is 9.97 Å². The number of nitrogens with zero attached hydrogens (tertiary/aromatic N) is 2. The summed E-state index contributed by atoms with van der Waals surface area (Å²) in [5.41, 5.74) is 1.79. The molecular weight excluding hydrogens is 429 g/mol. The summed E-state index contributed by atoms with van der Waals surface area (Å²) in [5, 5.41) is 2.30. The maximum absolute atomic E-state index is 13.0. The van der Waals surface area contributed by atoms with Gasteiger partial charge in [0.1, 0.15) is 10.9 Å². The van der Waals surface area contributed by atoms with Crippen molar-refractivity contribution in [3.63, 3.8) is 0 Å². The smallest absolute Gasteiger partial charge is 0.232 e. The van der Waals surface area contributed by atoms with Crippen molar-refractivity contribution >= 4 is 34.3 Å². The molecule has 152 valence electrons. The van der Waals surface area contributed by atoms with Gasteiger partial charge in [0.15, 0.2) is 0 Å². The highest BCUT2D eigenvalue weighted by atomic mass is 35.5. The topological polar surface area (TPSA) is 25.8 Å². The molecule has 7 heteroatoms. The third-order valence-electron chi connectivity index (χ3n) is 4.52. The average molecular weight is 445 g/mol. The van der Waals surface area contributed by atoms with Crippen LogP contribution in [0.25, 0.3) is 10.9 Å². The predicted octanol–water partition coefficient (Wildman–Crippen LogP) is 7.19. The number of para-hydroxylation sites is 1. The van der Waals surface area contributed by atoms with Crippen LogP contribution in [0.4, 0.5) is 13.2 Å². The molecule has 0 aliphatic heterocycles. The molecule has 0 saturated carbocycles. The SMILES string of the molecule is FC(F)(F)c1cccc(CSc2nc(Cc3ccc(Cl)cc3)nc3ccccc23)c1. The van der Waals surface area contributed by atoms with Crippen LogP contribution >= 0.6 is 23.4 Å². The molecule has 0 aliphatic rings. The summed E-state index contributed by atoms with van der Waals surface area (Å²) >= 11 is 7.36. The normalized spacial score (nSPS) is 11.7. The quantitative estimate of drug-likeness (QED) is 0.241. The maximum atomic E-state index is 13.0. The highest BCUT2D eigenvalue weighted by molar-refractivity contribution is 7.98. The van der Waals surface area contributed by atoms with Gasteiger partial charge in [-0.05, 0) is 35.4 Å². The first-order valence-corrected chi connectivity index (χ1v) is 10.5. The third-order valence-corrected chi connectivity index (χ3v) is 5.83. The van der Waals surface area contributed by atoms with E-state index in [1.165, 1.54) is 23.9 Å². The molecule has 0 radical (unpaired) electrons. The van der Waals surface area contributed by atoms with Gasteiger partial charge in [-0.2, -0.15) is 13.2 Å². The van der Waals surface area contributed by atoms with Crippen LogP contribution in [0.2, 0.25) is 5.02 Å². The van der Waals surface area contributed by atoms with Crippen molar-refractivity contribution in [2.24, 2.45) is 0 Å². The van der Waals surface area contributed by atoms with Crippen LogP contribution in [0, 0.1) is 0 Å². The number of aromatic nitrogens is 2. The minimum absolute atomic E-state index is 0.380. The summed E-state index contributed by atoms with van der Waals surface area (Å²) in [6, 6.07) is 20.5. The second-order valence-electron chi connectivity index (χ2n) is 6.75. The van der Waals surface area contributed by atoms with E-state index in [0.717, 1.165) is 27.6 Å². The molecule has 0 spiro atoms. The molecule has 3 aromatic carbocycles. The molecule has 0 unspecified atom stereocenters. The Hall–Kier alpha value is -2.57. The highest BCUT2D eigenvalue weighted by Gasteiger charge is 2.30. The maximum Gasteiger partial charge on any atom is 0.416 e. The Morgan fingerprint density at radius 2 is 1.60 bits per heavy atom. The molecule has 0 N–H and O–H groups in total. The number of thioether (sulfide) groups is 1. The Balaban J connectivity index is 1.62. The second-order valence-corrected chi connectivity index (χ2v) is 8.15. The van der Waals surface area contributed by atoms with Gasteiger partial charge in [-0.25, -0.2) is 9.97 Å². The van der Waals surface area contributed by atoms with E-state index < -0.39 is 11.7 Å². The number of benzene rings is 3. The standard InChI is InChI=1S/C23H16ClF3N2S/c24-18-10-8-15(9-11-18)13-21-28-20-7-2-1-6-19(20)22(29-21)30-14-16-4-3-5-17(12-16)23(25,26)27/h1-12H,13-14H2. The average Bonchev–Trinajstić information content (AvgIpc) is 2.73. The van der Waals surface area contributed by atoms with Gasteiger partial charge in [-0.15, -0.1) is 11.8 Å². The Morgan fingerprint density at radius 1 is 0.833 bits per heavy atom. The van der Waals surface area contributed by atoms with E-state index in [-0.39, 0.29) is 0 Å². The third kappa shape index (κ3) is 4.94. The molecule has 1 heterocycles. The van der Waals surface area contributed by atoms with Gasteiger partial charge < -0.3 is 0 Å². The fourth-order valence-corrected chi connectivity index (χ4v) is 4.16. The Kier molecular flexibility index (Phi) is 5.97. The molecule has 0 atom stereocenters. The van der Waals surface area contributed by atoms with Gasteiger partial charge >= 0.3 is 6.18 Å². The van der Waals surface area contributed by atoms with Gasteiger partial charge in [-0.3, -0.25) is 0 Å². The van der Waals surface area contributed by atoms with Crippen molar-refractivity contribution in [2.75, 3.05) is 0 Å². The number of alkyl halides is 3. The molecule has 4 rings (SSSR count). The molecule has 0 fully saturated rings. The number of hydrogen-bond acceptors (Lipinski definition) is 3. The number of fused-ring (bicyclic) bond motifs is 1. The van der Waals surface area contributed by atoms with Crippen LogP contribution in [0.15, 0.2) is 77.8 Å². The molecule has 4 aromatic rings. The summed E-state index contributed by atoms with van der Waals surface area (Å²) in [6.07, 6.45) is -3.81. The van der Waals surface area contributed by atoms with E-state index in [9.17, 15) is 13.2 Å². The largest absolute Gasteiger partial charge is 0.416 e. The molecule has 0 bridgehead atoms. The zero-order chi connectivity index (χ0) is 21.1. The summed E-state index contributed by atoms with van der Waals surface area (Å²) < 4.78 is 39.0. The van der Waals surface area contributed by atoms with Gasteiger partial charge in [0.2, 0.25) is 0 Å². The van der Waals surface area contributed by atoms with Crippen LogP contribution in [0.1, 0.15) is 22.5 Å². The summed E-state index contributed by atoms with van der Waals surface area (Å²) in [6.45, 7) is 0. The van der Waals surface area contributed by atoms with E-state index in [4.69, 9.17) is 16.6 Å². The van der Waals surface area contributed by atoms with Crippen molar-refractivity contribution in [1.82, 2.24) is 9.97 Å². The lowest BCUT2D eigenvalue weighted by Crippen LogP contribution is -2.05. The van der Waals surface area contributed by atoms with Crippen molar-refractivity contribution in [3.05, 3.63) is 100 Å². The van der Waals surface area contributed by atoms with Gasteiger partial charge in [0.05, 0.1) is 11.1 Å². The lowest BCUT2D eigenvalue weighted by atomic mass is 10.1. The van der Waals surface area contributed by atoms with Crippen LogP contribution in [0.5, 0.6) is 0 Å². The van der Waals surface area contributed by atoms with E-state index in [0.29, 0.717) is 28.6 Å². The van der Waals surface area contributed by atoms with Crippen LogP contribution in [0.3, 0.4) is 0 Å². The highest BCUT2D eigenvalue weighted by Crippen LogP contribution is 2.32. The molecule has 0 amide bonds. The molecule has 0 aliphatic carbocycles. The van der Waals surface area contributed by atoms with Crippen molar-refractivity contribution in [3.8, 4) is 0 Å². The Labute approximate surface area is 181 Å². The van der Waals surface area contributed by atoms with Gasteiger partial charge in [0.25, 0.3) is 0 Å². The zero-order valence-corrected chi connectivity index (χ0v) is 17.2. The van der Waals surface area contributed by atoms with Gasteiger partial charge in [0, 0.05) is 22.6 Å². The van der Waals surface area contributed by atoms with Crippen molar-refractivity contribution in [1.29, 1.82) is 0 Å². The number of hydrogen-bond donors (Lipinski definition) is 0. The predicted molar refractivity (Wildman–Crippen MR) is 115 cm³/mol. The van der Waals surface area contributed by atoms with Crippen molar-refractivity contribution < 1.29 is 13.2 Å². The monoisotopic (exact) mass is 444 g/mol. The van der Waals surface area contributed by atoms with E-state index >= 15 is 0 Å². The Bertz CT molecular complexity index is 1180. The fourth-order valence-electron chi connectivity index (χ4n) is 3.06. The first-order valence-electron chi connectivity index (χ1n) is 9.17. The Morgan fingerprint density at radius 3 is 2.37 bits per heavy atom. The minimum atomic E-state index is -4.35. The van der Waals surface area contributed by atoms with E-state index in [1.807, 2.05) is 48.5 Å². The lowest BCUT2D eigenvalue weighted by molar-refractivity contribution is -0.137. The lowest BCUT2D eigenvalue weighted by Gasteiger charge is -2.10. The molecular formula is C23H16ClF3N2S. The number of halogens is 4. The van der Waals surface area contributed by atoms with E-state index in [1.54, 1.807) is 6.07 Å². The molecule has 0 saturated heterocycles. The fraction of sp³-hybridized carbons (Fsp3) is 0.130. The van der Waals surface area contributed by atoms with E-state index in [2.05, 4.69) is 4.98 Å². The number of rotatable bonds is 5. The first kappa shape index (κ1) is 20.7. The van der Waals surface area contributed by atoms with Crippen LogP contribution < -0.4 is 0 Å². The summed E-state index contributed by atoms with van der Waals surface area (Å²) in [5.74, 6) is 1.04. The zero-order valence-electron chi connectivity index (χ0n) is 15.7.